The Morgan fingerprint density at radius 2 is 1.87 bits per heavy atom. The summed E-state index contributed by atoms with van der Waals surface area (Å²) in [5, 5.41) is 10.8. The SMILES string of the molecule is Cc1n[nH]c(-c2ccccc2)c1NC(=O)c1ccc(Cl)cc1Cl. The van der Waals surface area contributed by atoms with Gasteiger partial charge >= 0.3 is 0 Å². The number of aromatic amines is 1. The quantitative estimate of drug-likeness (QED) is 0.705. The van der Waals surface area contributed by atoms with E-state index in [1.807, 2.05) is 37.3 Å². The molecule has 4 nitrogen and oxygen atoms in total. The predicted molar refractivity (Wildman–Crippen MR) is 93.2 cm³/mol. The molecule has 0 radical (unpaired) electrons. The summed E-state index contributed by atoms with van der Waals surface area (Å²) in [6.45, 7) is 1.82. The molecule has 3 rings (SSSR count). The summed E-state index contributed by atoms with van der Waals surface area (Å²) in [5.74, 6) is -0.312. The Hall–Kier alpha value is -2.30. The van der Waals surface area contributed by atoms with Crippen LogP contribution in [0.4, 0.5) is 5.69 Å². The third kappa shape index (κ3) is 3.23. The molecule has 0 spiro atoms. The highest BCUT2D eigenvalue weighted by atomic mass is 35.5. The normalized spacial score (nSPS) is 10.6. The minimum atomic E-state index is -0.312. The minimum absolute atomic E-state index is 0.303. The Labute approximate surface area is 143 Å². The first-order chi connectivity index (χ1) is 11.1. The minimum Gasteiger partial charge on any atom is -0.318 e. The average molecular weight is 346 g/mol. The summed E-state index contributed by atoms with van der Waals surface area (Å²) >= 11 is 12.0. The van der Waals surface area contributed by atoms with Crippen LogP contribution in [0.5, 0.6) is 0 Å². The summed E-state index contributed by atoms with van der Waals surface area (Å²) in [6.07, 6.45) is 0. The van der Waals surface area contributed by atoms with Crippen LogP contribution in [0.1, 0.15) is 16.1 Å². The largest absolute Gasteiger partial charge is 0.318 e. The molecule has 0 atom stereocenters. The highest BCUT2D eigenvalue weighted by Gasteiger charge is 2.17. The van der Waals surface area contributed by atoms with Crippen LogP contribution in [-0.2, 0) is 0 Å². The van der Waals surface area contributed by atoms with E-state index in [2.05, 4.69) is 15.5 Å². The number of benzene rings is 2. The fourth-order valence-corrected chi connectivity index (χ4v) is 2.75. The van der Waals surface area contributed by atoms with Crippen molar-refractivity contribution in [1.29, 1.82) is 0 Å². The van der Waals surface area contributed by atoms with E-state index in [0.717, 1.165) is 11.3 Å². The molecular weight excluding hydrogens is 333 g/mol. The van der Waals surface area contributed by atoms with Gasteiger partial charge in [0.1, 0.15) is 0 Å². The van der Waals surface area contributed by atoms with Gasteiger partial charge in [0.25, 0.3) is 5.91 Å². The van der Waals surface area contributed by atoms with Crippen LogP contribution in [0.15, 0.2) is 48.5 Å². The Morgan fingerprint density at radius 1 is 1.13 bits per heavy atom. The van der Waals surface area contributed by atoms with E-state index in [1.165, 1.54) is 0 Å². The van der Waals surface area contributed by atoms with Gasteiger partial charge in [-0.05, 0) is 25.1 Å². The van der Waals surface area contributed by atoms with Gasteiger partial charge < -0.3 is 5.32 Å². The number of nitrogens with zero attached hydrogens (tertiary/aromatic N) is 1. The summed E-state index contributed by atoms with van der Waals surface area (Å²) < 4.78 is 0. The van der Waals surface area contributed by atoms with Crippen molar-refractivity contribution < 1.29 is 4.79 Å². The Balaban J connectivity index is 1.94. The zero-order valence-electron chi connectivity index (χ0n) is 12.2. The van der Waals surface area contributed by atoms with E-state index in [4.69, 9.17) is 23.2 Å². The molecule has 2 N–H and O–H groups in total. The van der Waals surface area contributed by atoms with Gasteiger partial charge in [-0.1, -0.05) is 53.5 Å². The van der Waals surface area contributed by atoms with E-state index in [-0.39, 0.29) is 5.91 Å². The maximum absolute atomic E-state index is 12.5. The maximum atomic E-state index is 12.5. The molecule has 3 aromatic rings. The van der Waals surface area contributed by atoms with Gasteiger partial charge in [0, 0.05) is 10.6 Å². The number of hydrogen-bond acceptors (Lipinski definition) is 2. The van der Waals surface area contributed by atoms with E-state index < -0.39 is 0 Å². The van der Waals surface area contributed by atoms with Crippen molar-refractivity contribution in [2.45, 2.75) is 6.92 Å². The van der Waals surface area contributed by atoms with Gasteiger partial charge in [-0.3, -0.25) is 9.89 Å². The number of nitrogens with one attached hydrogen (secondary N) is 2. The monoisotopic (exact) mass is 345 g/mol. The number of halogens is 2. The number of H-pyrrole nitrogens is 1. The number of aryl methyl sites for hydroxylation is 1. The van der Waals surface area contributed by atoms with Gasteiger partial charge in [-0.15, -0.1) is 0 Å². The first-order valence-electron chi connectivity index (χ1n) is 6.93. The fourth-order valence-electron chi connectivity index (χ4n) is 2.25. The van der Waals surface area contributed by atoms with Gasteiger partial charge in [-0.25, -0.2) is 0 Å². The topological polar surface area (TPSA) is 57.8 Å². The molecule has 1 amide bonds. The van der Waals surface area contributed by atoms with Crippen molar-refractivity contribution >= 4 is 34.8 Å². The number of amides is 1. The number of aromatic nitrogens is 2. The molecule has 0 saturated carbocycles. The third-order valence-corrected chi connectivity index (χ3v) is 3.97. The second-order valence-corrected chi connectivity index (χ2v) is 5.85. The van der Waals surface area contributed by atoms with Crippen molar-refractivity contribution in [3.05, 3.63) is 69.8 Å². The summed E-state index contributed by atoms with van der Waals surface area (Å²) in [7, 11) is 0. The maximum Gasteiger partial charge on any atom is 0.257 e. The average Bonchev–Trinajstić information content (AvgIpc) is 2.89. The van der Waals surface area contributed by atoms with E-state index in [1.54, 1.807) is 18.2 Å². The van der Waals surface area contributed by atoms with Crippen LogP contribution in [0.2, 0.25) is 10.0 Å². The summed E-state index contributed by atoms with van der Waals surface area (Å²) in [4.78, 5) is 12.5. The number of carbonyl (C=O) groups excluding carboxylic acids is 1. The van der Waals surface area contributed by atoms with Gasteiger partial charge in [-0.2, -0.15) is 5.10 Å². The Morgan fingerprint density at radius 3 is 2.57 bits per heavy atom. The molecule has 0 aliphatic rings. The van der Waals surface area contributed by atoms with E-state index >= 15 is 0 Å². The van der Waals surface area contributed by atoms with Crippen molar-refractivity contribution in [2.24, 2.45) is 0 Å². The van der Waals surface area contributed by atoms with Crippen LogP contribution in [0, 0.1) is 6.92 Å². The van der Waals surface area contributed by atoms with Gasteiger partial charge in [0.05, 0.1) is 27.7 Å². The second-order valence-electron chi connectivity index (χ2n) is 5.00. The molecule has 2 aromatic carbocycles. The van der Waals surface area contributed by atoms with Crippen LogP contribution < -0.4 is 5.32 Å². The molecule has 1 heterocycles. The standard InChI is InChI=1S/C17H13Cl2N3O/c1-10-15(16(22-21-10)11-5-3-2-4-6-11)20-17(23)13-8-7-12(18)9-14(13)19/h2-9H,1H3,(H,20,23)(H,21,22). The molecule has 0 saturated heterocycles. The fraction of sp³-hybridized carbons (Fsp3) is 0.0588. The second kappa shape index (κ2) is 6.44. The van der Waals surface area contributed by atoms with Crippen LogP contribution in [-0.4, -0.2) is 16.1 Å². The van der Waals surface area contributed by atoms with Gasteiger partial charge in [0.2, 0.25) is 0 Å². The number of rotatable bonds is 3. The number of anilines is 1. The number of carbonyl (C=O) groups is 1. The highest BCUT2D eigenvalue weighted by Crippen LogP contribution is 2.29. The first-order valence-corrected chi connectivity index (χ1v) is 7.68. The lowest BCUT2D eigenvalue weighted by Crippen LogP contribution is -2.13. The summed E-state index contributed by atoms with van der Waals surface area (Å²) in [5.41, 5.74) is 3.37. The zero-order valence-corrected chi connectivity index (χ0v) is 13.7. The molecule has 6 heteroatoms. The lowest BCUT2D eigenvalue weighted by Gasteiger charge is -2.09. The molecule has 0 aliphatic heterocycles. The molecule has 0 unspecified atom stereocenters. The molecule has 116 valence electrons. The molecule has 0 bridgehead atoms. The highest BCUT2D eigenvalue weighted by molar-refractivity contribution is 6.37. The molecule has 23 heavy (non-hydrogen) atoms. The lowest BCUT2D eigenvalue weighted by molar-refractivity contribution is 0.102. The first kappa shape index (κ1) is 15.6. The Kier molecular flexibility index (Phi) is 4.37. The van der Waals surface area contributed by atoms with Crippen molar-refractivity contribution in [2.75, 3.05) is 5.32 Å². The van der Waals surface area contributed by atoms with Crippen LogP contribution in [0.25, 0.3) is 11.3 Å². The smallest absolute Gasteiger partial charge is 0.257 e. The van der Waals surface area contributed by atoms with Crippen LogP contribution in [0.3, 0.4) is 0 Å². The van der Waals surface area contributed by atoms with E-state index in [0.29, 0.717) is 27.0 Å². The zero-order chi connectivity index (χ0) is 16.4. The molecule has 1 aromatic heterocycles. The molecule has 0 fully saturated rings. The summed E-state index contributed by atoms with van der Waals surface area (Å²) in [6, 6.07) is 14.4. The molecule has 0 aliphatic carbocycles. The lowest BCUT2D eigenvalue weighted by atomic mass is 10.1. The van der Waals surface area contributed by atoms with Crippen LogP contribution >= 0.6 is 23.2 Å². The van der Waals surface area contributed by atoms with Crippen molar-refractivity contribution in [3.63, 3.8) is 0 Å². The Bertz CT molecular complexity index is 860. The van der Waals surface area contributed by atoms with E-state index in [9.17, 15) is 4.79 Å². The van der Waals surface area contributed by atoms with Crippen molar-refractivity contribution in [1.82, 2.24) is 10.2 Å². The van der Waals surface area contributed by atoms with Crippen molar-refractivity contribution in [3.8, 4) is 11.3 Å². The third-order valence-electron chi connectivity index (χ3n) is 3.42. The van der Waals surface area contributed by atoms with Gasteiger partial charge in [0.15, 0.2) is 0 Å². The molecular formula is C17H13Cl2N3O. The number of hydrogen-bond donors (Lipinski definition) is 2. The predicted octanol–water partition coefficient (Wildman–Crippen LogP) is 4.94.